The number of methoxy groups -OCH3 is 2. The van der Waals surface area contributed by atoms with E-state index in [0.717, 1.165) is 23.1 Å². The predicted molar refractivity (Wildman–Crippen MR) is 88.5 cm³/mol. The first kappa shape index (κ1) is 15.6. The van der Waals surface area contributed by atoms with Crippen LogP contribution in [0.4, 0.5) is 0 Å². The number of hydrogen-bond acceptors (Lipinski definition) is 6. The zero-order chi connectivity index (χ0) is 16.6. The van der Waals surface area contributed by atoms with E-state index in [9.17, 15) is 0 Å². The number of hydrazine groups is 1. The van der Waals surface area contributed by atoms with E-state index in [-0.39, 0.29) is 0 Å². The molecule has 2 aliphatic rings. The average Bonchev–Trinajstić information content (AvgIpc) is 3.34. The number of aromatic nitrogens is 2. The van der Waals surface area contributed by atoms with Crippen LogP contribution in [0.25, 0.3) is 5.70 Å². The molecule has 1 fully saturated rings. The third-order valence-corrected chi connectivity index (χ3v) is 4.47. The summed E-state index contributed by atoms with van der Waals surface area (Å²) in [7, 11) is 5.14. The molecular formula is C17H24N4O2. The molecule has 6 nitrogen and oxygen atoms in total. The van der Waals surface area contributed by atoms with Crippen LogP contribution in [-0.4, -0.2) is 36.2 Å². The molecule has 2 heterocycles. The van der Waals surface area contributed by atoms with Gasteiger partial charge in [-0.15, -0.1) is 0 Å². The summed E-state index contributed by atoms with van der Waals surface area (Å²) >= 11 is 0. The van der Waals surface area contributed by atoms with Gasteiger partial charge in [-0.2, -0.15) is 4.98 Å². The van der Waals surface area contributed by atoms with Gasteiger partial charge >= 0.3 is 6.01 Å². The van der Waals surface area contributed by atoms with E-state index < -0.39 is 0 Å². The van der Waals surface area contributed by atoms with Crippen molar-refractivity contribution in [3.63, 3.8) is 0 Å². The van der Waals surface area contributed by atoms with Gasteiger partial charge in [0.15, 0.2) is 0 Å². The normalized spacial score (nSPS) is 23.1. The van der Waals surface area contributed by atoms with Gasteiger partial charge in [0.05, 0.1) is 25.5 Å². The van der Waals surface area contributed by atoms with Crippen molar-refractivity contribution >= 4 is 5.70 Å². The molecule has 1 aromatic heterocycles. The topological polar surface area (TPSA) is 59.5 Å². The van der Waals surface area contributed by atoms with Gasteiger partial charge in [-0.05, 0) is 35.8 Å². The van der Waals surface area contributed by atoms with Gasteiger partial charge in [0.25, 0.3) is 0 Å². The zero-order valence-corrected chi connectivity index (χ0v) is 14.3. The Morgan fingerprint density at radius 2 is 2.09 bits per heavy atom. The molecule has 0 aromatic carbocycles. The van der Waals surface area contributed by atoms with Gasteiger partial charge in [0.2, 0.25) is 5.88 Å². The minimum absolute atomic E-state index is 0.299. The Balaban J connectivity index is 1.91. The lowest BCUT2D eigenvalue weighted by atomic mass is 10.0. The van der Waals surface area contributed by atoms with Crippen LogP contribution in [0.5, 0.6) is 11.9 Å². The summed E-state index contributed by atoms with van der Waals surface area (Å²) < 4.78 is 10.5. The van der Waals surface area contributed by atoms with Crippen molar-refractivity contribution < 1.29 is 9.47 Å². The summed E-state index contributed by atoms with van der Waals surface area (Å²) in [4.78, 5) is 8.47. The van der Waals surface area contributed by atoms with E-state index >= 15 is 0 Å². The van der Waals surface area contributed by atoms with Crippen molar-refractivity contribution in [1.82, 2.24) is 20.4 Å². The van der Waals surface area contributed by atoms with Gasteiger partial charge in [-0.1, -0.05) is 13.8 Å². The van der Waals surface area contributed by atoms with Gasteiger partial charge in [-0.3, -0.25) is 10.4 Å². The van der Waals surface area contributed by atoms with E-state index in [1.807, 2.05) is 12.1 Å². The van der Waals surface area contributed by atoms with E-state index in [0.29, 0.717) is 17.8 Å². The Morgan fingerprint density at radius 1 is 1.30 bits per heavy atom. The molecule has 1 saturated carbocycles. The highest BCUT2D eigenvalue weighted by Gasteiger charge is 2.41. The lowest BCUT2D eigenvalue weighted by Crippen LogP contribution is -2.31. The van der Waals surface area contributed by atoms with Crippen molar-refractivity contribution in [2.75, 3.05) is 21.3 Å². The van der Waals surface area contributed by atoms with E-state index in [2.05, 4.69) is 41.5 Å². The first-order valence-electron chi connectivity index (χ1n) is 7.91. The molecule has 2 atom stereocenters. The smallest absolute Gasteiger partial charge is 0.319 e. The third kappa shape index (κ3) is 3.11. The molecule has 1 aliphatic heterocycles. The van der Waals surface area contributed by atoms with Crippen LogP contribution >= 0.6 is 0 Å². The summed E-state index contributed by atoms with van der Waals surface area (Å²) in [5.41, 5.74) is 6.43. The van der Waals surface area contributed by atoms with Crippen LogP contribution in [0.15, 0.2) is 24.0 Å². The Hall–Kier alpha value is -2.24. The standard InChI is InChI=1S/C17H24N4O2/c1-10(2)12-7-13(12)11-6-15(20-21(3)9-11)14-8-18-17(23-5)19-16(14)22-4/h6,8-10,12-13,20H,7H2,1-5H3/t12-,13-/m1/s1. The van der Waals surface area contributed by atoms with Crippen molar-refractivity contribution in [3.8, 4) is 11.9 Å². The van der Waals surface area contributed by atoms with Crippen LogP contribution in [0.2, 0.25) is 0 Å². The van der Waals surface area contributed by atoms with Crippen LogP contribution < -0.4 is 14.9 Å². The Morgan fingerprint density at radius 3 is 2.70 bits per heavy atom. The number of hydrogen-bond donors (Lipinski definition) is 1. The molecule has 0 radical (unpaired) electrons. The second-order valence-corrected chi connectivity index (χ2v) is 6.44. The van der Waals surface area contributed by atoms with E-state index in [4.69, 9.17) is 9.47 Å². The maximum absolute atomic E-state index is 5.40. The van der Waals surface area contributed by atoms with Crippen LogP contribution in [0, 0.1) is 17.8 Å². The molecule has 23 heavy (non-hydrogen) atoms. The molecule has 124 valence electrons. The van der Waals surface area contributed by atoms with Gasteiger partial charge in [0.1, 0.15) is 0 Å². The molecule has 0 saturated heterocycles. The second-order valence-electron chi connectivity index (χ2n) is 6.44. The molecule has 0 spiro atoms. The van der Waals surface area contributed by atoms with Crippen LogP contribution in [0.3, 0.4) is 0 Å². The Labute approximate surface area is 137 Å². The Kier molecular flexibility index (Phi) is 4.15. The number of nitrogens with one attached hydrogen (secondary N) is 1. The second kappa shape index (κ2) is 6.10. The average molecular weight is 316 g/mol. The largest absolute Gasteiger partial charge is 0.480 e. The third-order valence-electron chi connectivity index (χ3n) is 4.47. The molecule has 1 aromatic rings. The van der Waals surface area contributed by atoms with Gasteiger partial charge in [-0.25, -0.2) is 4.98 Å². The molecule has 0 bridgehead atoms. The maximum Gasteiger partial charge on any atom is 0.319 e. The SMILES string of the molecule is COc1ncc(C2=CC([C@H]3C[C@@H]3C(C)C)=CN(C)N2)c(OC)n1. The number of ether oxygens (including phenoxy) is 2. The fourth-order valence-electron chi connectivity index (χ4n) is 3.15. The zero-order valence-electron chi connectivity index (χ0n) is 14.3. The fraction of sp³-hybridized carbons (Fsp3) is 0.529. The Bertz CT molecular complexity index is 654. The molecule has 1 aliphatic carbocycles. The highest BCUT2D eigenvalue weighted by molar-refractivity contribution is 5.70. The van der Waals surface area contributed by atoms with Gasteiger partial charge < -0.3 is 9.47 Å². The quantitative estimate of drug-likeness (QED) is 0.900. The molecular weight excluding hydrogens is 292 g/mol. The summed E-state index contributed by atoms with van der Waals surface area (Å²) in [5.74, 6) is 2.64. The van der Waals surface area contributed by atoms with Crippen LogP contribution in [-0.2, 0) is 0 Å². The highest BCUT2D eigenvalue weighted by atomic mass is 16.5. The summed E-state index contributed by atoms with van der Waals surface area (Å²) in [6.45, 7) is 4.59. The summed E-state index contributed by atoms with van der Waals surface area (Å²) in [5, 5.41) is 1.98. The molecule has 0 unspecified atom stereocenters. The maximum atomic E-state index is 5.40. The van der Waals surface area contributed by atoms with Crippen molar-refractivity contribution in [2.45, 2.75) is 20.3 Å². The summed E-state index contributed by atoms with van der Waals surface area (Å²) in [6.07, 6.45) is 7.33. The number of nitrogens with zero attached hydrogens (tertiary/aromatic N) is 3. The number of allylic oxidation sites excluding steroid dienone is 2. The minimum Gasteiger partial charge on any atom is -0.480 e. The lowest BCUT2D eigenvalue weighted by Gasteiger charge is -2.26. The predicted octanol–water partition coefficient (Wildman–Crippen LogP) is 2.46. The highest BCUT2D eigenvalue weighted by Crippen LogP contribution is 2.50. The minimum atomic E-state index is 0.299. The fourth-order valence-corrected chi connectivity index (χ4v) is 3.15. The lowest BCUT2D eigenvalue weighted by molar-refractivity contribution is 0.348. The van der Waals surface area contributed by atoms with Crippen LogP contribution in [0.1, 0.15) is 25.8 Å². The summed E-state index contributed by atoms with van der Waals surface area (Å²) in [6, 6.07) is 0.299. The van der Waals surface area contributed by atoms with Crippen molar-refractivity contribution in [3.05, 3.63) is 29.6 Å². The first-order valence-corrected chi connectivity index (χ1v) is 7.91. The van der Waals surface area contributed by atoms with Crippen molar-refractivity contribution in [2.24, 2.45) is 17.8 Å². The first-order chi connectivity index (χ1) is 11.0. The molecule has 0 amide bonds. The van der Waals surface area contributed by atoms with E-state index in [1.54, 1.807) is 20.4 Å². The molecule has 1 N–H and O–H groups in total. The molecule has 6 heteroatoms. The van der Waals surface area contributed by atoms with Gasteiger partial charge in [0, 0.05) is 19.4 Å². The number of rotatable bonds is 5. The van der Waals surface area contributed by atoms with Crippen molar-refractivity contribution in [1.29, 1.82) is 0 Å². The molecule has 3 rings (SSSR count). The van der Waals surface area contributed by atoms with E-state index in [1.165, 1.54) is 12.0 Å². The monoisotopic (exact) mass is 316 g/mol.